The van der Waals surface area contributed by atoms with Crippen molar-refractivity contribution in [3.63, 3.8) is 0 Å². The minimum atomic E-state index is -3.61. The number of nitrogens with zero attached hydrogens (tertiary/aromatic N) is 2. The van der Waals surface area contributed by atoms with E-state index in [-0.39, 0.29) is 36.5 Å². The van der Waals surface area contributed by atoms with Crippen molar-refractivity contribution in [2.75, 3.05) is 33.3 Å². The molecule has 0 bridgehead atoms. The standard InChI is InChI=1S/C25H34N2O5S/c1-4-5-13-26-14-15-27(33(29,30)24-11-9-20(2)10-12-24)18-22(26)17-25(28)32-19-21-7-6-8-23(16-21)31-3/h6-12,16,22H,4-5,13-15,17-19H2,1-3H3. The van der Waals surface area contributed by atoms with Gasteiger partial charge in [-0.25, -0.2) is 8.42 Å². The Morgan fingerprint density at radius 2 is 1.88 bits per heavy atom. The minimum absolute atomic E-state index is 0.146. The van der Waals surface area contributed by atoms with Crippen LogP contribution >= 0.6 is 0 Å². The molecule has 2 aromatic carbocycles. The van der Waals surface area contributed by atoms with Gasteiger partial charge in [-0.05, 0) is 49.7 Å². The third-order valence-corrected chi connectivity index (χ3v) is 7.84. The first-order chi connectivity index (χ1) is 15.8. The molecule has 1 unspecified atom stereocenters. The van der Waals surface area contributed by atoms with E-state index in [4.69, 9.17) is 9.47 Å². The van der Waals surface area contributed by atoms with Gasteiger partial charge < -0.3 is 9.47 Å². The van der Waals surface area contributed by atoms with Crippen molar-refractivity contribution in [3.05, 3.63) is 59.7 Å². The number of hydrogen-bond donors (Lipinski definition) is 0. The van der Waals surface area contributed by atoms with E-state index >= 15 is 0 Å². The zero-order valence-electron chi connectivity index (χ0n) is 19.7. The molecule has 0 radical (unpaired) electrons. The quantitative estimate of drug-likeness (QED) is 0.490. The summed E-state index contributed by atoms with van der Waals surface area (Å²) in [4.78, 5) is 15.2. The van der Waals surface area contributed by atoms with Gasteiger partial charge in [0.25, 0.3) is 0 Å². The predicted molar refractivity (Wildman–Crippen MR) is 128 cm³/mol. The van der Waals surface area contributed by atoms with Crippen LogP contribution < -0.4 is 4.74 Å². The van der Waals surface area contributed by atoms with Gasteiger partial charge in [-0.15, -0.1) is 0 Å². The van der Waals surface area contributed by atoms with Crippen LogP contribution in [0.1, 0.15) is 37.3 Å². The number of sulfonamides is 1. The molecule has 1 aliphatic heterocycles. The molecule has 0 saturated carbocycles. The number of esters is 1. The maximum atomic E-state index is 13.2. The highest BCUT2D eigenvalue weighted by Gasteiger charge is 2.35. The Balaban J connectivity index is 1.67. The summed E-state index contributed by atoms with van der Waals surface area (Å²) in [5, 5.41) is 0. The number of ether oxygens (including phenoxy) is 2. The molecule has 1 fully saturated rings. The normalized spacial score (nSPS) is 17.6. The molecular formula is C25H34N2O5S. The van der Waals surface area contributed by atoms with Gasteiger partial charge >= 0.3 is 5.97 Å². The molecule has 3 rings (SSSR count). The van der Waals surface area contributed by atoms with Gasteiger partial charge in [-0.1, -0.05) is 43.2 Å². The molecule has 7 nitrogen and oxygen atoms in total. The highest BCUT2D eigenvalue weighted by Crippen LogP contribution is 2.23. The zero-order valence-corrected chi connectivity index (χ0v) is 20.5. The van der Waals surface area contributed by atoms with Crippen molar-refractivity contribution in [3.8, 4) is 5.75 Å². The summed E-state index contributed by atoms with van der Waals surface area (Å²) in [5.41, 5.74) is 1.85. The van der Waals surface area contributed by atoms with Crippen molar-refractivity contribution < 1.29 is 22.7 Å². The number of carbonyl (C=O) groups is 1. The van der Waals surface area contributed by atoms with E-state index in [2.05, 4.69) is 11.8 Å². The lowest BCUT2D eigenvalue weighted by atomic mass is 10.1. The zero-order chi connectivity index (χ0) is 23.8. The molecule has 1 heterocycles. The van der Waals surface area contributed by atoms with Crippen LogP contribution in [0.4, 0.5) is 0 Å². The number of unbranched alkanes of at least 4 members (excludes halogenated alkanes) is 1. The highest BCUT2D eigenvalue weighted by atomic mass is 32.2. The van der Waals surface area contributed by atoms with Crippen LogP contribution in [0.3, 0.4) is 0 Å². The lowest BCUT2D eigenvalue weighted by molar-refractivity contribution is -0.146. The van der Waals surface area contributed by atoms with Crippen LogP contribution in [-0.2, 0) is 26.2 Å². The molecule has 0 N–H and O–H groups in total. The molecule has 33 heavy (non-hydrogen) atoms. The fourth-order valence-corrected chi connectivity index (χ4v) is 5.44. The molecular weight excluding hydrogens is 440 g/mol. The lowest BCUT2D eigenvalue weighted by Crippen LogP contribution is -2.55. The van der Waals surface area contributed by atoms with E-state index in [1.165, 1.54) is 4.31 Å². The number of hydrogen-bond acceptors (Lipinski definition) is 6. The van der Waals surface area contributed by atoms with E-state index in [9.17, 15) is 13.2 Å². The molecule has 1 aliphatic rings. The Labute approximate surface area is 197 Å². The van der Waals surface area contributed by atoms with Gasteiger partial charge in [0.05, 0.1) is 18.4 Å². The summed E-state index contributed by atoms with van der Waals surface area (Å²) in [5.74, 6) is 0.373. The monoisotopic (exact) mass is 474 g/mol. The molecule has 0 amide bonds. The van der Waals surface area contributed by atoms with Gasteiger partial charge in [0, 0.05) is 25.7 Å². The Morgan fingerprint density at radius 3 is 2.58 bits per heavy atom. The van der Waals surface area contributed by atoms with Crippen molar-refractivity contribution in [2.24, 2.45) is 0 Å². The van der Waals surface area contributed by atoms with E-state index < -0.39 is 10.0 Å². The number of benzene rings is 2. The van der Waals surface area contributed by atoms with Gasteiger partial charge in [0.1, 0.15) is 12.4 Å². The van der Waals surface area contributed by atoms with Crippen LogP contribution in [0.2, 0.25) is 0 Å². The van der Waals surface area contributed by atoms with Gasteiger partial charge in [-0.2, -0.15) is 4.31 Å². The Kier molecular flexibility index (Phi) is 8.88. The highest BCUT2D eigenvalue weighted by molar-refractivity contribution is 7.89. The molecule has 0 spiro atoms. The molecule has 2 aromatic rings. The van der Waals surface area contributed by atoms with Crippen LogP contribution in [0.25, 0.3) is 0 Å². The predicted octanol–water partition coefficient (Wildman–Crippen LogP) is 3.61. The second kappa shape index (κ2) is 11.6. The van der Waals surface area contributed by atoms with Crippen LogP contribution in [-0.4, -0.2) is 62.9 Å². The summed E-state index contributed by atoms with van der Waals surface area (Å²) in [6, 6.07) is 14.1. The third-order valence-electron chi connectivity index (χ3n) is 5.96. The number of piperazine rings is 1. The van der Waals surface area contributed by atoms with Gasteiger partial charge in [0.15, 0.2) is 0 Å². The molecule has 180 valence electrons. The first-order valence-electron chi connectivity index (χ1n) is 11.4. The summed E-state index contributed by atoms with van der Waals surface area (Å²) < 4.78 is 38.6. The summed E-state index contributed by atoms with van der Waals surface area (Å²) in [7, 11) is -2.02. The number of aryl methyl sites for hydroxylation is 1. The van der Waals surface area contributed by atoms with E-state index in [0.717, 1.165) is 30.5 Å². The lowest BCUT2D eigenvalue weighted by Gasteiger charge is -2.40. The van der Waals surface area contributed by atoms with Gasteiger partial charge in [0.2, 0.25) is 10.0 Å². The van der Waals surface area contributed by atoms with E-state index in [0.29, 0.717) is 18.8 Å². The Bertz CT molecular complexity index is 1020. The molecule has 1 atom stereocenters. The first kappa shape index (κ1) is 25.2. The minimum Gasteiger partial charge on any atom is -0.497 e. The fourth-order valence-electron chi connectivity index (χ4n) is 3.97. The van der Waals surface area contributed by atoms with Crippen molar-refractivity contribution in [2.45, 2.75) is 50.7 Å². The van der Waals surface area contributed by atoms with E-state index in [1.54, 1.807) is 31.4 Å². The average molecular weight is 475 g/mol. The van der Waals surface area contributed by atoms with Crippen molar-refractivity contribution in [1.82, 2.24) is 9.21 Å². The largest absolute Gasteiger partial charge is 0.497 e. The summed E-state index contributed by atoms with van der Waals surface area (Å²) in [6.45, 7) is 6.32. The number of rotatable bonds is 10. The van der Waals surface area contributed by atoms with E-state index in [1.807, 2.05) is 31.2 Å². The van der Waals surface area contributed by atoms with Crippen molar-refractivity contribution >= 4 is 16.0 Å². The Morgan fingerprint density at radius 1 is 1.12 bits per heavy atom. The molecule has 1 saturated heterocycles. The first-order valence-corrected chi connectivity index (χ1v) is 12.9. The maximum Gasteiger partial charge on any atom is 0.307 e. The second-order valence-corrected chi connectivity index (χ2v) is 10.4. The second-order valence-electron chi connectivity index (χ2n) is 8.44. The maximum absolute atomic E-state index is 13.2. The fraction of sp³-hybridized carbons (Fsp3) is 0.480. The topological polar surface area (TPSA) is 76.2 Å². The smallest absolute Gasteiger partial charge is 0.307 e. The molecule has 8 heteroatoms. The summed E-state index contributed by atoms with van der Waals surface area (Å²) >= 11 is 0. The molecule has 0 aliphatic carbocycles. The third kappa shape index (κ3) is 6.79. The van der Waals surface area contributed by atoms with Crippen LogP contribution in [0.15, 0.2) is 53.4 Å². The SMILES string of the molecule is CCCCN1CCN(S(=O)(=O)c2ccc(C)cc2)CC1CC(=O)OCc1cccc(OC)c1. The summed E-state index contributed by atoms with van der Waals surface area (Å²) in [6.07, 6.45) is 2.18. The number of methoxy groups -OCH3 is 1. The van der Waals surface area contributed by atoms with Crippen LogP contribution in [0.5, 0.6) is 5.75 Å². The van der Waals surface area contributed by atoms with Crippen LogP contribution in [0, 0.1) is 6.92 Å². The number of carbonyl (C=O) groups excluding carboxylic acids is 1. The van der Waals surface area contributed by atoms with Gasteiger partial charge in [-0.3, -0.25) is 9.69 Å². The van der Waals surface area contributed by atoms with Crippen molar-refractivity contribution in [1.29, 1.82) is 0 Å². The molecule has 0 aromatic heterocycles. The average Bonchev–Trinajstić information content (AvgIpc) is 2.82. The Hall–Kier alpha value is -2.42.